The quantitative estimate of drug-likeness (QED) is 0.544. The summed E-state index contributed by atoms with van der Waals surface area (Å²) in [5.74, 6) is 1.66. The first-order chi connectivity index (χ1) is 8.65. The first-order valence-corrected chi connectivity index (χ1v) is 7.70. The lowest BCUT2D eigenvalue weighted by molar-refractivity contribution is 0.570. The summed E-state index contributed by atoms with van der Waals surface area (Å²) >= 11 is 0. The smallest absolute Gasteiger partial charge is 0.0165 e. The first kappa shape index (κ1) is 17.2. The average molecular weight is 248 g/mol. The molecule has 0 heterocycles. The molecular weight excluding hydrogens is 216 g/mol. The minimum absolute atomic E-state index is 0.779. The zero-order chi connectivity index (χ0) is 13.8. The maximum Gasteiger partial charge on any atom is -0.0165 e. The molecule has 0 aromatic heterocycles. The van der Waals surface area contributed by atoms with Gasteiger partial charge in [0.1, 0.15) is 0 Å². The molecule has 1 unspecified atom stereocenters. The number of benzene rings is 1. The van der Waals surface area contributed by atoms with Crippen molar-refractivity contribution in [2.75, 3.05) is 0 Å². The Morgan fingerprint density at radius 3 is 1.83 bits per heavy atom. The van der Waals surface area contributed by atoms with Gasteiger partial charge in [-0.15, -0.1) is 0 Å². The summed E-state index contributed by atoms with van der Waals surface area (Å²) in [6.45, 7) is 11.2. The van der Waals surface area contributed by atoms with E-state index >= 15 is 0 Å². The number of hydrogen-bond acceptors (Lipinski definition) is 0. The third kappa shape index (κ3) is 8.33. The van der Waals surface area contributed by atoms with Crippen LogP contribution < -0.4 is 0 Å². The summed E-state index contributed by atoms with van der Waals surface area (Å²) in [6, 6.07) is 10.9. The van der Waals surface area contributed by atoms with Gasteiger partial charge in [0.05, 0.1) is 0 Å². The topological polar surface area (TPSA) is 0 Å². The second kappa shape index (κ2) is 11.3. The van der Waals surface area contributed by atoms with E-state index in [0.29, 0.717) is 0 Å². The Morgan fingerprint density at radius 2 is 1.44 bits per heavy atom. The van der Waals surface area contributed by atoms with Crippen LogP contribution in [0.5, 0.6) is 0 Å². The van der Waals surface area contributed by atoms with Gasteiger partial charge in [-0.3, -0.25) is 0 Å². The van der Waals surface area contributed by atoms with Crippen LogP contribution in [0.25, 0.3) is 0 Å². The van der Waals surface area contributed by atoms with E-state index in [-0.39, 0.29) is 0 Å². The Bertz CT molecular complexity index is 261. The third-order valence-electron chi connectivity index (χ3n) is 3.49. The van der Waals surface area contributed by atoms with Crippen LogP contribution in [-0.2, 0) is 0 Å². The molecule has 1 atom stereocenters. The van der Waals surface area contributed by atoms with E-state index in [2.05, 4.69) is 65.0 Å². The fourth-order valence-corrected chi connectivity index (χ4v) is 1.78. The molecule has 0 aliphatic rings. The van der Waals surface area contributed by atoms with E-state index in [4.69, 9.17) is 0 Å². The molecule has 0 bridgehead atoms. The minimum atomic E-state index is 0.779. The maximum atomic E-state index is 2.29. The maximum absolute atomic E-state index is 2.29. The Kier molecular flexibility index (Phi) is 10.8. The van der Waals surface area contributed by atoms with Crippen LogP contribution in [0.3, 0.4) is 0 Å². The van der Waals surface area contributed by atoms with Gasteiger partial charge in [-0.25, -0.2) is 0 Å². The van der Waals surface area contributed by atoms with Gasteiger partial charge in [-0.2, -0.15) is 0 Å². The molecular formula is C18H32. The zero-order valence-electron chi connectivity index (χ0n) is 13.1. The molecule has 104 valence electrons. The molecule has 1 aromatic rings. The van der Waals surface area contributed by atoms with Gasteiger partial charge in [-0.05, 0) is 30.2 Å². The summed E-state index contributed by atoms with van der Waals surface area (Å²) < 4.78 is 0. The number of hydrogen-bond donors (Lipinski definition) is 0. The van der Waals surface area contributed by atoms with Crippen LogP contribution in [-0.4, -0.2) is 0 Å². The summed E-state index contributed by atoms with van der Waals surface area (Å²) in [7, 11) is 0. The largest absolute Gasteiger partial charge is 0.0654 e. The van der Waals surface area contributed by atoms with Gasteiger partial charge in [0, 0.05) is 0 Å². The highest BCUT2D eigenvalue weighted by atomic mass is 14.1. The van der Waals surface area contributed by atoms with Crippen LogP contribution >= 0.6 is 0 Å². The Hall–Kier alpha value is -0.780. The standard InChI is InChI=1S/C13H20.C5H12/c1-3-5-9-12(4-2)13-10-7-6-8-11-13;1-4-5(2)3/h6-8,10-12H,3-5,9H2,1-2H3;5H,4H2,1-3H3. The van der Waals surface area contributed by atoms with Crippen molar-refractivity contribution in [3.05, 3.63) is 35.9 Å². The van der Waals surface area contributed by atoms with E-state index < -0.39 is 0 Å². The Labute approximate surface area is 115 Å². The van der Waals surface area contributed by atoms with Crippen molar-refractivity contribution in [2.45, 2.75) is 72.6 Å². The Morgan fingerprint density at radius 1 is 0.889 bits per heavy atom. The molecule has 1 rings (SSSR count). The first-order valence-electron chi connectivity index (χ1n) is 7.70. The van der Waals surface area contributed by atoms with E-state index in [1.165, 1.54) is 37.7 Å². The van der Waals surface area contributed by atoms with Gasteiger partial charge in [0.15, 0.2) is 0 Å². The highest BCUT2D eigenvalue weighted by molar-refractivity contribution is 5.19. The van der Waals surface area contributed by atoms with Crippen molar-refractivity contribution in [1.29, 1.82) is 0 Å². The van der Waals surface area contributed by atoms with Crippen molar-refractivity contribution in [2.24, 2.45) is 5.92 Å². The number of unbranched alkanes of at least 4 members (excludes halogenated alkanes) is 1. The summed E-state index contributed by atoms with van der Waals surface area (Å²) in [4.78, 5) is 0. The average Bonchev–Trinajstić information content (AvgIpc) is 2.41. The molecule has 0 radical (unpaired) electrons. The molecule has 0 amide bonds. The Balaban J connectivity index is 0.000000494. The van der Waals surface area contributed by atoms with E-state index in [0.717, 1.165) is 11.8 Å². The zero-order valence-corrected chi connectivity index (χ0v) is 13.1. The molecule has 0 saturated heterocycles. The molecule has 0 nitrogen and oxygen atoms in total. The van der Waals surface area contributed by atoms with Crippen molar-refractivity contribution >= 4 is 0 Å². The molecule has 0 heteroatoms. The van der Waals surface area contributed by atoms with Gasteiger partial charge in [0.2, 0.25) is 0 Å². The molecule has 18 heavy (non-hydrogen) atoms. The second-order valence-corrected chi connectivity index (χ2v) is 5.46. The predicted molar refractivity (Wildman–Crippen MR) is 84.1 cm³/mol. The molecule has 0 spiro atoms. The van der Waals surface area contributed by atoms with Crippen molar-refractivity contribution in [1.82, 2.24) is 0 Å². The van der Waals surface area contributed by atoms with Crippen LogP contribution in [0.15, 0.2) is 30.3 Å². The van der Waals surface area contributed by atoms with Gasteiger partial charge >= 0.3 is 0 Å². The molecule has 0 fully saturated rings. The lowest BCUT2D eigenvalue weighted by atomic mass is 9.91. The molecule has 0 saturated carbocycles. The second-order valence-electron chi connectivity index (χ2n) is 5.46. The van der Waals surface area contributed by atoms with Crippen molar-refractivity contribution in [3.63, 3.8) is 0 Å². The minimum Gasteiger partial charge on any atom is -0.0654 e. The molecule has 1 aromatic carbocycles. The summed E-state index contributed by atoms with van der Waals surface area (Å²) in [5.41, 5.74) is 1.51. The van der Waals surface area contributed by atoms with E-state index in [9.17, 15) is 0 Å². The normalized spacial score (nSPS) is 11.9. The van der Waals surface area contributed by atoms with E-state index in [1.807, 2.05) is 0 Å². The highest BCUT2D eigenvalue weighted by Crippen LogP contribution is 2.24. The predicted octanol–water partition coefficient (Wildman–Crippen LogP) is 6.42. The van der Waals surface area contributed by atoms with Gasteiger partial charge < -0.3 is 0 Å². The van der Waals surface area contributed by atoms with Crippen LogP contribution in [0.1, 0.15) is 78.2 Å². The molecule has 0 N–H and O–H groups in total. The highest BCUT2D eigenvalue weighted by Gasteiger charge is 2.06. The van der Waals surface area contributed by atoms with Gasteiger partial charge in [0.25, 0.3) is 0 Å². The van der Waals surface area contributed by atoms with Crippen LogP contribution in [0.2, 0.25) is 0 Å². The van der Waals surface area contributed by atoms with Crippen molar-refractivity contribution < 1.29 is 0 Å². The fraction of sp³-hybridized carbons (Fsp3) is 0.667. The van der Waals surface area contributed by atoms with Crippen LogP contribution in [0.4, 0.5) is 0 Å². The fourth-order valence-electron chi connectivity index (χ4n) is 1.78. The lowest BCUT2D eigenvalue weighted by Crippen LogP contribution is -1.96. The van der Waals surface area contributed by atoms with Crippen molar-refractivity contribution in [3.8, 4) is 0 Å². The van der Waals surface area contributed by atoms with Gasteiger partial charge in [-0.1, -0.05) is 84.2 Å². The SMILES string of the molecule is CCC(C)C.CCCCC(CC)c1ccccc1. The third-order valence-corrected chi connectivity index (χ3v) is 3.49. The summed E-state index contributed by atoms with van der Waals surface area (Å²) in [5, 5.41) is 0. The van der Waals surface area contributed by atoms with Crippen LogP contribution in [0, 0.1) is 5.92 Å². The van der Waals surface area contributed by atoms with E-state index in [1.54, 1.807) is 0 Å². The molecule has 0 aliphatic carbocycles. The molecule has 0 aliphatic heterocycles. The number of rotatable bonds is 6. The lowest BCUT2D eigenvalue weighted by Gasteiger charge is -2.14. The summed E-state index contributed by atoms with van der Waals surface area (Å²) in [6.07, 6.45) is 6.58. The monoisotopic (exact) mass is 248 g/mol.